The summed E-state index contributed by atoms with van der Waals surface area (Å²) in [5, 5.41) is 9.07. The van der Waals surface area contributed by atoms with Gasteiger partial charge in [-0.05, 0) is 56.1 Å². The summed E-state index contributed by atoms with van der Waals surface area (Å²) in [6.45, 7) is 3.73. The second-order valence-electron chi connectivity index (χ2n) is 10.0. The van der Waals surface area contributed by atoms with Gasteiger partial charge in [-0.15, -0.1) is 0 Å². The molecule has 40 heavy (non-hydrogen) atoms. The number of nitrogens with zero attached hydrogens (tertiary/aromatic N) is 1. The van der Waals surface area contributed by atoms with E-state index in [1.165, 1.54) is 3.97 Å². The van der Waals surface area contributed by atoms with Gasteiger partial charge < -0.3 is 4.55 Å². The SMILES string of the molecule is B.CC(C)(Cc1c(CP(c2ccccc2)c2ccccc2)n(S(=O)(=O)c2ccccc2)c2ccccc12)[S+](N)[O-]. The molecule has 0 aliphatic rings. The van der Waals surface area contributed by atoms with Crippen molar-refractivity contribution >= 4 is 59.2 Å². The van der Waals surface area contributed by atoms with Gasteiger partial charge in [0, 0.05) is 35.0 Å². The molecule has 5 rings (SSSR count). The van der Waals surface area contributed by atoms with Crippen LogP contribution in [0.4, 0.5) is 0 Å². The molecule has 0 fully saturated rings. The zero-order valence-electron chi connectivity index (χ0n) is 21.9. The van der Waals surface area contributed by atoms with Gasteiger partial charge in [0.15, 0.2) is 0 Å². The van der Waals surface area contributed by atoms with Gasteiger partial charge in [-0.2, -0.15) is 5.14 Å². The van der Waals surface area contributed by atoms with Crippen LogP contribution in [0.5, 0.6) is 0 Å². The number of nitrogens with two attached hydrogens (primary N) is 1. The lowest BCUT2D eigenvalue weighted by Crippen LogP contribution is -2.40. The first-order chi connectivity index (χ1) is 18.7. The van der Waals surface area contributed by atoms with Gasteiger partial charge in [-0.3, -0.25) is 0 Å². The number of aromatic nitrogens is 1. The van der Waals surface area contributed by atoms with Crippen molar-refractivity contribution in [2.75, 3.05) is 0 Å². The van der Waals surface area contributed by atoms with Gasteiger partial charge in [0.2, 0.25) is 0 Å². The second-order valence-corrected chi connectivity index (χ2v) is 15.7. The van der Waals surface area contributed by atoms with Gasteiger partial charge in [0.25, 0.3) is 10.0 Å². The Bertz CT molecular complexity index is 1640. The standard InChI is InChI=1S/C31H31N2O3PS2.BH3/c1-31(2,38(32)34)22-28-27-20-12-13-21-29(27)33(39(35,36)26-18-10-5-11-19-26)30(28)23-37(24-14-6-3-7-15-24)25-16-8-4-9-17-25;/h3-21H,22-23,32H2,1-2H3;1H3. The van der Waals surface area contributed by atoms with Crippen molar-refractivity contribution in [3.05, 3.63) is 127 Å². The minimum Gasteiger partial charge on any atom is -0.598 e. The molecule has 1 aromatic heterocycles. The van der Waals surface area contributed by atoms with Crippen LogP contribution in [-0.4, -0.2) is 30.1 Å². The first-order valence-electron chi connectivity index (χ1n) is 12.7. The van der Waals surface area contributed by atoms with E-state index in [0.29, 0.717) is 23.8 Å². The molecule has 206 valence electrons. The van der Waals surface area contributed by atoms with Crippen molar-refractivity contribution < 1.29 is 13.0 Å². The zero-order valence-corrected chi connectivity index (χ0v) is 24.4. The summed E-state index contributed by atoms with van der Waals surface area (Å²) in [4.78, 5) is 0.226. The summed E-state index contributed by atoms with van der Waals surface area (Å²) in [5.74, 6) is 0. The van der Waals surface area contributed by atoms with Crippen LogP contribution in [0.25, 0.3) is 10.9 Å². The summed E-state index contributed by atoms with van der Waals surface area (Å²) in [6.07, 6.45) is 0.864. The predicted molar refractivity (Wildman–Crippen MR) is 174 cm³/mol. The van der Waals surface area contributed by atoms with Crippen LogP contribution in [0, 0.1) is 0 Å². The first-order valence-corrected chi connectivity index (χ1v) is 16.8. The molecule has 9 heteroatoms. The number of hydrogen-bond donors (Lipinski definition) is 1. The van der Waals surface area contributed by atoms with Crippen molar-refractivity contribution in [2.24, 2.45) is 5.14 Å². The average Bonchev–Trinajstić information content (AvgIpc) is 3.26. The second kappa shape index (κ2) is 12.3. The normalized spacial score (nSPS) is 12.8. The Labute approximate surface area is 243 Å². The minimum atomic E-state index is -3.94. The maximum atomic E-state index is 14.3. The summed E-state index contributed by atoms with van der Waals surface area (Å²) in [7, 11) is -4.90. The van der Waals surface area contributed by atoms with Crippen LogP contribution in [0.15, 0.2) is 120 Å². The predicted octanol–water partition coefficient (Wildman–Crippen LogP) is 4.27. The van der Waals surface area contributed by atoms with E-state index in [1.54, 1.807) is 24.3 Å². The largest absolute Gasteiger partial charge is 0.598 e. The van der Waals surface area contributed by atoms with Crippen LogP contribution >= 0.6 is 7.92 Å². The van der Waals surface area contributed by atoms with Gasteiger partial charge in [0.1, 0.15) is 4.75 Å². The highest BCUT2D eigenvalue weighted by Crippen LogP contribution is 2.43. The van der Waals surface area contributed by atoms with E-state index < -0.39 is 34.1 Å². The van der Waals surface area contributed by atoms with Crippen molar-refractivity contribution in [1.29, 1.82) is 0 Å². The summed E-state index contributed by atoms with van der Waals surface area (Å²) >= 11 is -1.61. The fourth-order valence-corrected chi connectivity index (χ4v) is 9.19. The fourth-order valence-electron chi connectivity index (χ4n) is 4.85. The molecule has 2 N–H and O–H groups in total. The van der Waals surface area contributed by atoms with E-state index in [2.05, 4.69) is 24.3 Å². The lowest BCUT2D eigenvalue weighted by atomic mass is 9.99. The molecule has 1 heterocycles. The number of hydrogen-bond acceptors (Lipinski definition) is 4. The highest BCUT2D eigenvalue weighted by atomic mass is 32.2. The lowest BCUT2D eigenvalue weighted by Gasteiger charge is -2.26. The van der Waals surface area contributed by atoms with E-state index in [-0.39, 0.29) is 13.3 Å². The molecule has 0 aliphatic heterocycles. The average molecular weight is 589 g/mol. The summed E-state index contributed by atoms with van der Waals surface area (Å²) < 4.78 is 42.0. The van der Waals surface area contributed by atoms with Crippen molar-refractivity contribution in [1.82, 2.24) is 3.97 Å². The Hall–Kier alpha value is -2.87. The van der Waals surface area contributed by atoms with E-state index in [1.807, 2.05) is 80.6 Å². The first kappa shape index (κ1) is 30.1. The molecular weight excluding hydrogens is 554 g/mol. The Morgan fingerprint density at radius 2 is 1.27 bits per heavy atom. The fraction of sp³-hybridized carbons (Fsp3) is 0.161. The van der Waals surface area contributed by atoms with Gasteiger partial charge in [0.05, 0.1) is 18.8 Å². The minimum absolute atomic E-state index is 0. The van der Waals surface area contributed by atoms with Crippen LogP contribution in [0.3, 0.4) is 0 Å². The summed E-state index contributed by atoms with van der Waals surface area (Å²) in [6, 6.07) is 36.6. The lowest BCUT2D eigenvalue weighted by molar-refractivity contribution is 0.544. The maximum absolute atomic E-state index is 14.3. The van der Waals surface area contributed by atoms with Crippen molar-refractivity contribution in [2.45, 2.75) is 36.1 Å². The number of fused-ring (bicyclic) bond motifs is 1. The number of rotatable bonds is 9. The Morgan fingerprint density at radius 3 is 1.80 bits per heavy atom. The van der Waals surface area contributed by atoms with Crippen molar-refractivity contribution in [3.63, 3.8) is 0 Å². The molecule has 0 saturated carbocycles. The van der Waals surface area contributed by atoms with Gasteiger partial charge in [-0.1, -0.05) is 97.1 Å². The third-order valence-corrected chi connectivity index (χ3v) is 12.4. The molecule has 0 spiro atoms. The topological polar surface area (TPSA) is 88.2 Å². The molecule has 0 aliphatic carbocycles. The maximum Gasteiger partial charge on any atom is 0.268 e. The molecule has 1 unspecified atom stereocenters. The quantitative estimate of drug-likeness (QED) is 0.158. The molecular formula is C31H34BN2O3PS2. The molecule has 5 aromatic rings. The molecule has 0 amide bonds. The van der Waals surface area contributed by atoms with Crippen LogP contribution < -0.4 is 15.7 Å². The molecule has 0 bridgehead atoms. The molecule has 0 radical (unpaired) electrons. The van der Waals surface area contributed by atoms with Crippen LogP contribution in [0.1, 0.15) is 25.1 Å². The van der Waals surface area contributed by atoms with E-state index in [0.717, 1.165) is 21.6 Å². The highest BCUT2D eigenvalue weighted by Gasteiger charge is 2.36. The Balaban J connectivity index is 0.00000370. The number of para-hydroxylation sites is 1. The molecule has 1 atom stereocenters. The number of benzene rings is 4. The van der Waals surface area contributed by atoms with E-state index in [4.69, 9.17) is 5.14 Å². The van der Waals surface area contributed by atoms with Crippen LogP contribution in [0.2, 0.25) is 0 Å². The molecule has 5 nitrogen and oxygen atoms in total. The smallest absolute Gasteiger partial charge is 0.268 e. The zero-order chi connectivity index (χ0) is 27.6. The van der Waals surface area contributed by atoms with Crippen LogP contribution in [-0.2, 0) is 34.0 Å². The monoisotopic (exact) mass is 588 g/mol. The third kappa shape index (κ3) is 5.92. The van der Waals surface area contributed by atoms with Crippen molar-refractivity contribution in [3.8, 4) is 0 Å². The Morgan fingerprint density at radius 1 is 0.800 bits per heavy atom. The van der Waals surface area contributed by atoms with Gasteiger partial charge >= 0.3 is 0 Å². The van der Waals surface area contributed by atoms with E-state index in [9.17, 15) is 13.0 Å². The highest BCUT2D eigenvalue weighted by molar-refractivity contribution is 7.90. The van der Waals surface area contributed by atoms with Gasteiger partial charge in [-0.25, -0.2) is 12.4 Å². The van der Waals surface area contributed by atoms with E-state index >= 15 is 0 Å². The summed E-state index contributed by atoms with van der Waals surface area (Å²) in [5.41, 5.74) is 2.19. The molecule has 0 saturated heterocycles. The molecule has 4 aromatic carbocycles. The third-order valence-electron chi connectivity index (χ3n) is 6.91. The Kier molecular flexibility index (Phi) is 9.28.